The Hall–Kier alpha value is -1.83. The predicted molar refractivity (Wildman–Crippen MR) is 82.0 cm³/mol. The van der Waals surface area contributed by atoms with Crippen molar-refractivity contribution in [1.29, 1.82) is 0 Å². The summed E-state index contributed by atoms with van der Waals surface area (Å²) in [4.78, 5) is 13.2. The number of halogens is 4. The van der Waals surface area contributed by atoms with Crippen LogP contribution in [0.1, 0.15) is 24.9 Å². The molecule has 0 bridgehead atoms. The number of nitrogens with zero attached hydrogens (tertiary/aromatic N) is 1. The Balaban J connectivity index is 1.71. The number of hydrogen-bond donors (Lipinski definition) is 2. The van der Waals surface area contributed by atoms with Crippen molar-refractivity contribution in [3.63, 3.8) is 0 Å². The van der Waals surface area contributed by atoms with E-state index < -0.39 is 12.7 Å². The first-order valence-corrected chi connectivity index (χ1v) is 7.82. The average molecular weight is 347 g/mol. The molecule has 2 amide bonds. The van der Waals surface area contributed by atoms with E-state index in [1.165, 1.54) is 17.0 Å². The summed E-state index contributed by atoms with van der Waals surface area (Å²) in [6.07, 6.45) is -3.56. The van der Waals surface area contributed by atoms with Crippen LogP contribution < -0.4 is 10.6 Å². The second kappa shape index (κ2) is 7.83. The van der Waals surface area contributed by atoms with Crippen LogP contribution in [0.5, 0.6) is 0 Å². The number of carbonyl (C=O) groups excluding carboxylic acids is 1. The molecule has 0 unspecified atom stereocenters. The molecule has 2 atom stereocenters. The number of likely N-dealkylation sites (tertiary alicyclic amines) is 1. The molecule has 0 saturated carbocycles. The molecule has 1 aromatic carbocycles. The van der Waals surface area contributed by atoms with Crippen LogP contribution in [0, 0.1) is 11.7 Å². The lowest BCUT2D eigenvalue weighted by Gasteiger charge is -2.19. The van der Waals surface area contributed by atoms with Gasteiger partial charge in [0.1, 0.15) is 5.82 Å². The van der Waals surface area contributed by atoms with Gasteiger partial charge in [-0.15, -0.1) is 0 Å². The summed E-state index contributed by atoms with van der Waals surface area (Å²) in [5, 5.41) is 5.41. The monoisotopic (exact) mass is 347 g/mol. The number of benzene rings is 1. The van der Waals surface area contributed by atoms with Crippen molar-refractivity contribution in [2.45, 2.75) is 25.6 Å². The molecule has 4 nitrogen and oxygen atoms in total. The maximum Gasteiger partial charge on any atom is 0.401 e. The maximum absolute atomic E-state index is 12.9. The van der Waals surface area contributed by atoms with Crippen LogP contribution in [0.15, 0.2) is 24.3 Å². The Kier molecular flexibility index (Phi) is 6.04. The van der Waals surface area contributed by atoms with Crippen LogP contribution in [0.3, 0.4) is 0 Å². The number of hydrogen-bond acceptors (Lipinski definition) is 2. The third-order valence-electron chi connectivity index (χ3n) is 4.04. The van der Waals surface area contributed by atoms with Crippen LogP contribution in [-0.4, -0.2) is 43.3 Å². The molecule has 8 heteroatoms. The molecule has 1 saturated heterocycles. The SMILES string of the molecule is C[C@@H](NC(=O)NC[C@H]1CCN(CC(F)(F)F)C1)c1ccc(F)cc1. The normalized spacial score (nSPS) is 20.0. The van der Waals surface area contributed by atoms with Gasteiger partial charge < -0.3 is 10.6 Å². The molecule has 1 aliphatic heterocycles. The van der Waals surface area contributed by atoms with Crippen molar-refractivity contribution >= 4 is 6.03 Å². The lowest BCUT2D eigenvalue weighted by molar-refractivity contribution is -0.143. The van der Waals surface area contributed by atoms with Crippen LogP contribution in [0.2, 0.25) is 0 Å². The number of carbonyl (C=O) groups is 1. The van der Waals surface area contributed by atoms with Crippen LogP contribution in [0.25, 0.3) is 0 Å². The third-order valence-corrected chi connectivity index (χ3v) is 4.04. The highest BCUT2D eigenvalue weighted by atomic mass is 19.4. The first-order chi connectivity index (χ1) is 11.2. The lowest BCUT2D eigenvalue weighted by atomic mass is 10.1. The van der Waals surface area contributed by atoms with Crippen molar-refractivity contribution < 1.29 is 22.4 Å². The number of nitrogens with one attached hydrogen (secondary N) is 2. The topological polar surface area (TPSA) is 44.4 Å². The summed E-state index contributed by atoms with van der Waals surface area (Å²) in [5.74, 6) is -0.334. The van der Waals surface area contributed by atoms with Gasteiger partial charge in [-0.2, -0.15) is 13.2 Å². The first-order valence-electron chi connectivity index (χ1n) is 7.82. The van der Waals surface area contributed by atoms with Crippen LogP contribution in [-0.2, 0) is 0 Å². The minimum absolute atomic E-state index is 0.0132. The lowest BCUT2D eigenvalue weighted by Crippen LogP contribution is -2.40. The number of alkyl halides is 3. The quantitative estimate of drug-likeness (QED) is 0.804. The molecule has 0 spiro atoms. The van der Waals surface area contributed by atoms with Gasteiger partial charge in [-0.05, 0) is 43.5 Å². The van der Waals surface area contributed by atoms with E-state index in [1.54, 1.807) is 19.1 Å². The van der Waals surface area contributed by atoms with E-state index in [0.717, 1.165) is 5.56 Å². The summed E-state index contributed by atoms with van der Waals surface area (Å²) in [5.41, 5.74) is 0.767. The van der Waals surface area contributed by atoms with Crippen molar-refractivity contribution in [2.24, 2.45) is 5.92 Å². The summed E-state index contributed by atoms with van der Waals surface area (Å²) >= 11 is 0. The molecule has 1 heterocycles. The van der Waals surface area contributed by atoms with Gasteiger partial charge in [0.25, 0.3) is 0 Å². The van der Waals surface area contributed by atoms with E-state index in [1.807, 2.05) is 0 Å². The summed E-state index contributed by atoms with van der Waals surface area (Å²) in [7, 11) is 0. The zero-order chi connectivity index (χ0) is 17.7. The number of amides is 2. The fraction of sp³-hybridized carbons (Fsp3) is 0.562. The molecule has 2 rings (SSSR count). The van der Waals surface area contributed by atoms with Gasteiger partial charge in [0.05, 0.1) is 12.6 Å². The highest BCUT2D eigenvalue weighted by Gasteiger charge is 2.34. The molecule has 1 aromatic rings. The smallest absolute Gasteiger partial charge is 0.338 e. The maximum atomic E-state index is 12.9. The largest absolute Gasteiger partial charge is 0.401 e. The molecule has 0 aliphatic carbocycles. The minimum atomic E-state index is -4.19. The Bertz CT molecular complexity index is 547. The van der Waals surface area contributed by atoms with Gasteiger partial charge in [-0.1, -0.05) is 12.1 Å². The Morgan fingerprint density at radius 2 is 2.00 bits per heavy atom. The summed E-state index contributed by atoms with van der Waals surface area (Å²) in [6.45, 7) is 1.91. The summed E-state index contributed by atoms with van der Waals surface area (Å²) in [6, 6.07) is 5.13. The standard InChI is InChI=1S/C16H21F4N3O/c1-11(13-2-4-14(17)5-3-13)22-15(24)21-8-12-6-7-23(9-12)10-16(18,19)20/h2-5,11-12H,6-10H2,1H3,(H2,21,22,24)/t11-,12-/m1/s1. The molecular weight excluding hydrogens is 326 g/mol. The Morgan fingerprint density at radius 1 is 1.33 bits per heavy atom. The highest BCUT2D eigenvalue weighted by molar-refractivity contribution is 5.74. The second-order valence-corrected chi connectivity index (χ2v) is 6.13. The Labute approximate surface area is 138 Å². The van der Waals surface area contributed by atoms with Gasteiger partial charge in [-0.25, -0.2) is 9.18 Å². The van der Waals surface area contributed by atoms with Crippen LogP contribution in [0.4, 0.5) is 22.4 Å². The van der Waals surface area contributed by atoms with Gasteiger partial charge in [-0.3, -0.25) is 4.90 Å². The van der Waals surface area contributed by atoms with E-state index in [0.29, 0.717) is 26.1 Å². The number of urea groups is 1. The van der Waals surface area contributed by atoms with E-state index in [-0.39, 0.29) is 23.8 Å². The number of rotatable bonds is 5. The van der Waals surface area contributed by atoms with Gasteiger partial charge in [0.2, 0.25) is 0 Å². The molecule has 2 N–H and O–H groups in total. The minimum Gasteiger partial charge on any atom is -0.338 e. The zero-order valence-electron chi connectivity index (χ0n) is 13.4. The van der Waals surface area contributed by atoms with Crippen molar-refractivity contribution in [1.82, 2.24) is 15.5 Å². The third kappa shape index (κ3) is 5.99. The molecule has 24 heavy (non-hydrogen) atoms. The molecule has 134 valence electrons. The fourth-order valence-corrected chi connectivity index (χ4v) is 2.80. The molecule has 0 aromatic heterocycles. The molecule has 0 radical (unpaired) electrons. The van der Waals surface area contributed by atoms with E-state index in [4.69, 9.17) is 0 Å². The van der Waals surface area contributed by atoms with Crippen molar-refractivity contribution in [3.05, 3.63) is 35.6 Å². The molecule has 1 fully saturated rings. The first kappa shape index (κ1) is 18.5. The van der Waals surface area contributed by atoms with E-state index in [2.05, 4.69) is 10.6 Å². The van der Waals surface area contributed by atoms with Crippen LogP contribution >= 0.6 is 0 Å². The highest BCUT2D eigenvalue weighted by Crippen LogP contribution is 2.22. The molecule has 1 aliphatic rings. The second-order valence-electron chi connectivity index (χ2n) is 6.13. The van der Waals surface area contributed by atoms with Crippen molar-refractivity contribution in [2.75, 3.05) is 26.2 Å². The van der Waals surface area contributed by atoms with Crippen molar-refractivity contribution in [3.8, 4) is 0 Å². The molecular formula is C16H21F4N3O. The zero-order valence-corrected chi connectivity index (χ0v) is 13.4. The average Bonchev–Trinajstić information content (AvgIpc) is 2.91. The fourth-order valence-electron chi connectivity index (χ4n) is 2.80. The van der Waals surface area contributed by atoms with E-state index in [9.17, 15) is 22.4 Å². The Morgan fingerprint density at radius 3 is 2.62 bits per heavy atom. The van der Waals surface area contributed by atoms with Gasteiger partial charge in [0.15, 0.2) is 0 Å². The predicted octanol–water partition coefficient (Wildman–Crippen LogP) is 3.07. The van der Waals surface area contributed by atoms with E-state index >= 15 is 0 Å². The summed E-state index contributed by atoms with van der Waals surface area (Å²) < 4.78 is 49.9. The van der Waals surface area contributed by atoms with Gasteiger partial charge >= 0.3 is 12.2 Å². The van der Waals surface area contributed by atoms with Gasteiger partial charge in [0, 0.05) is 13.1 Å².